The second kappa shape index (κ2) is 5.53. The third-order valence-corrected chi connectivity index (χ3v) is 5.26. The molecule has 0 unspecified atom stereocenters. The highest BCUT2D eigenvalue weighted by Gasteiger charge is 2.39. The van der Waals surface area contributed by atoms with Gasteiger partial charge in [-0.15, -0.1) is 0 Å². The standard InChI is InChI=1S/C21H19NO4/c1-11(2)12-3-5-13(6-4-12)19-14-7-17-18(26-10-25-17)8-15(14)22-16-9-24-21(23)20(16)19/h3-8,11,19,22H,9-10H2,1-2H3/t19-/m0/s1. The molecule has 0 saturated heterocycles. The molecule has 3 heterocycles. The number of rotatable bonds is 2. The van der Waals surface area contributed by atoms with E-state index in [2.05, 4.69) is 43.4 Å². The van der Waals surface area contributed by atoms with E-state index in [1.807, 2.05) is 12.1 Å². The van der Waals surface area contributed by atoms with Gasteiger partial charge in [0.1, 0.15) is 6.61 Å². The molecule has 1 N–H and O–H groups in total. The van der Waals surface area contributed by atoms with Gasteiger partial charge < -0.3 is 19.5 Å². The van der Waals surface area contributed by atoms with Crippen LogP contribution in [0.2, 0.25) is 0 Å². The number of hydrogen-bond donors (Lipinski definition) is 1. The summed E-state index contributed by atoms with van der Waals surface area (Å²) >= 11 is 0. The van der Waals surface area contributed by atoms with Crippen molar-refractivity contribution in [1.29, 1.82) is 0 Å². The number of carbonyl (C=O) groups is 1. The van der Waals surface area contributed by atoms with Crippen LogP contribution in [0.1, 0.15) is 42.4 Å². The van der Waals surface area contributed by atoms with Gasteiger partial charge in [-0.3, -0.25) is 0 Å². The summed E-state index contributed by atoms with van der Waals surface area (Å²) in [5.41, 5.74) is 5.81. The molecule has 3 aliphatic rings. The smallest absolute Gasteiger partial charge is 0.337 e. The first-order valence-electron chi connectivity index (χ1n) is 8.82. The molecule has 0 spiro atoms. The van der Waals surface area contributed by atoms with E-state index in [1.54, 1.807) is 0 Å². The quantitative estimate of drug-likeness (QED) is 0.833. The lowest BCUT2D eigenvalue weighted by Gasteiger charge is -2.27. The third kappa shape index (κ3) is 2.20. The minimum atomic E-state index is -0.256. The average molecular weight is 349 g/mol. The molecule has 5 heteroatoms. The predicted molar refractivity (Wildman–Crippen MR) is 96.5 cm³/mol. The minimum absolute atomic E-state index is 0.174. The first kappa shape index (κ1) is 15.3. The van der Waals surface area contributed by atoms with E-state index in [0.717, 1.165) is 28.3 Å². The van der Waals surface area contributed by atoms with Crippen molar-refractivity contribution in [3.05, 3.63) is 64.4 Å². The summed E-state index contributed by atoms with van der Waals surface area (Å²) < 4.78 is 16.4. The number of benzene rings is 2. The normalized spacial score (nSPS) is 20.0. The lowest BCUT2D eigenvalue weighted by molar-refractivity contribution is -0.136. The fourth-order valence-electron chi connectivity index (χ4n) is 3.85. The highest BCUT2D eigenvalue weighted by atomic mass is 16.7. The Morgan fingerprint density at radius 2 is 1.77 bits per heavy atom. The third-order valence-electron chi connectivity index (χ3n) is 5.26. The van der Waals surface area contributed by atoms with Gasteiger partial charge >= 0.3 is 5.97 Å². The monoisotopic (exact) mass is 349 g/mol. The molecule has 26 heavy (non-hydrogen) atoms. The molecule has 5 rings (SSSR count). The molecule has 0 aliphatic carbocycles. The Kier molecular flexibility index (Phi) is 3.26. The van der Waals surface area contributed by atoms with Gasteiger partial charge in [-0.25, -0.2) is 4.79 Å². The highest BCUT2D eigenvalue weighted by molar-refractivity contribution is 5.97. The van der Waals surface area contributed by atoms with Gasteiger partial charge in [0, 0.05) is 17.7 Å². The van der Waals surface area contributed by atoms with Crippen molar-refractivity contribution in [2.45, 2.75) is 25.7 Å². The van der Waals surface area contributed by atoms with Crippen LogP contribution >= 0.6 is 0 Å². The van der Waals surface area contributed by atoms with E-state index in [-0.39, 0.29) is 25.3 Å². The number of ether oxygens (including phenoxy) is 3. The fourth-order valence-corrected chi connectivity index (χ4v) is 3.85. The molecule has 0 aromatic heterocycles. The SMILES string of the molecule is CC(C)c1ccc([C@@H]2C3=C(COC3=O)Nc3cc4c(cc32)OCO4)cc1. The second-order valence-electron chi connectivity index (χ2n) is 7.14. The maximum atomic E-state index is 12.4. The molecule has 132 valence electrons. The van der Waals surface area contributed by atoms with E-state index in [0.29, 0.717) is 17.2 Å². The number of cyclic esters (lactones) is 1. The van der Waals surface area contributed by atoms with Gasteiger partial charge in [-0.05, 0) is 28.7 Å². The van der Waals surface area contributed by atoms with Gasteiger partial charge in [-0.2, -0.15) is 0 Å². The number of anilines is 1. The topological polar surface area (TPSA) is 56.8 Å². The van der Waals surface area contributed by atoms with Crippen LogP contribution in [-0.2, 0) is 9.53 Å². The summed E-state index contributed by atoms with van der Waals surface area (Å²) in [5, 5.41) is 3.35. The highest BCUT2D eigenvalue weighted by Crippen LogP contribution is 2.48. The molecule has 5 nitrogen and oxygen atoms in total. The molecule has 0 amide bonds. The van der Waals surface area contributed by atoms with Crippen LogP contribution < -0.4 is 14.8 Å². The molecule has 0 saturated carbocycles. The number of fused-ring (bicyclic) bond motifs is 2. The lowest BCUT2D eigenvalue weighted by Crippen LogP contribution is -2.19. The van der Waals surface area contributed by atoms with E-state index < -0.39 is 0 Å². The minimum Gasteiger partial charge on any atom is -0.456 e. The summed E-state index contributed by atoms with van der Waals surface area (Å²) in [5.74, 6) is 1.47. The summed E-state index contributed by atoms with van der Waals surface area (Å²) in [6.07, 6.45) is 0. The summed E-state index contributed by atoms with van der Waals surface area (Å²) in [4.78, 5) is 12.4. The lowest BCUT2D eigenvalue weighted by atomic mass is 9.80. The molecule has 2 aromatic rings. The van der Waals surface area contributed by atoms with Crippen molar-refractivity contribution >= 4 is 11.7 Å². The Balaban J connectivity index is 1.67. The fraction of sp³-hybridized carbons (Fsp3) is 0.286. The van der Waals surface area contributed by atoms with Crippen molar-refractivity contribution in [3.63, 3.8) is 0 Å². The van der Waals surface area contributed by atoms with Crippen molar-refractivity contribution in [2.24, 2.45) is 0 Å². The largest absolute Gasteiger partial charge is 0.456 e. The van der Waals surface area contributed by atoms with E-state index >= 15 is 0 Å². The van der Waals surface area contributed by atoms with Crippen molar-refractivity contribution < 1.29 is 19.0 Å². The Bertz CT molecular complexity index is 943. The van der Waals surface area contributed by atoms with E-state index in [9.17, 15) is 4.79 Å². The van der Waals surface area contributed by atoms with E-state index in [4.69, 9.17) is 14.2 Å². The molecule has 2 aromatic carbocycles. The Labute approximate surface area is 151 Å². The molecule has 0 bridgehead atoms. The van der Waals surface area contributed by atoms with Crippen LogP contribution in [0, 0.1) is 0 Å². The number of nitrogens with one attached hydrogen (secondary N) is 1. The molecular weight excluding hydrogens is 330 g/mol. The van der Waals surface area contributed by atoms with Gasteiger partial charge in [-0.1, -0.05) is 38.1 Å². The average Bonchev–Trinajstić information content (AvgIpc) is 3.24. The van der Waals surface area contributed by atoms with Gasteiger partial charge in [0.05, 0.1) is 11.3 Å². The van der Waals surface area contributed by atoms with Crippen LogP contribution in [0.25, 0.3) is 0 Å². The van der Waals surface area contributed by atoms with E-state index in [1.165, 1.54) is 5.56 Å². The predicted octanol–water partition coefficient (Wildman–Crippen LogP) is 3.91. The Morgan fingerprint density at radius 3 is 2.50 bits per heavy atom. The zero-order valence-corrected chi connectivity index (χ0v) is 14.7. The van der Waals surface area contributed by atoms with Crippen LogP contribution in [0.4, 0.5) is 5.69 Å². The summed E-state index contributed by atoms with van der Waals surface area (Å²) in [6, 6.07) is 12.4. The first-order valence-corrected chi connectivity index (χ1v) is 8.82. The number of carbonyl (C=O) groups excluding carboxylic acids is 1. The second-order valence-corrected chi connectivity index (χ2v) is 7.14. The molecule has 0 fully saturated rings. The van der Waals surface area contributed by atoms with Gasteiger partial charge in [0.25, 0.3) is 0 Å². The Morgan fingerprint density at radius 1 is 1.04 bits per heavy atom. The first-order chi connectivity index (χ1) is 12.6. The zero-order valence-electron chi connectivity index (χ0n) is 14.7. The zero-order chi connectivity index (χ0) is 17.8. The molecular formula is C21H19NO4. The van der Waals surface area contributed by atoms with Crippen LogP contribution in [0.5, 0.6) is 11.5 Å². The maximum absolute atomic E-state index is 12.4. The molecule has 1 atom stereocenters. The molecule has 3 aliphatic heterocycles. The van der Waals surface area contributed by atoms with Crippen molar-refractivity contribution in [1.82, 2.24) is 0 Å². The van der Waals surface area contributed by atoms with Crippen LogP contribution in [0.15, 0.2) is 47.7 Å². The van der Waals surface area contributed by atoms with Gasteiger partial charge in [0.2, 0.25) is 6.79 Å². The van der Waals surface area contributed by atoms with Crippen molar-refractivity contribution in [3.8, 4) is 11.5 Å². The number of hydrogen-bond acceptors (Lipinski definition) is 5. The Hall–Kier alpha value is -2.95. The summed E-state index contributed by atoms with van der Waals surface area (Å²) in [6.45, 7) is 4.85. The van der Waals surface area contributed by atoms with Crippen LogP contribution in [-0.4, -0.2) is 19.4 Å². The summed E-state index contributed by atoms with van der Waals surface area (Å²) in [7, 11) is 0. The maximum Gasteiger partial charge on any atom is 0.337 e. The van der Waals surface area contributed by atoms with Gasteiger partial charge in [0.15, 0.2) is 11.5 Å². The van der Waals surface area contributed by atoms with Crippen LogP contribution in [0.3, 0.4) is 0 Å². The number of esters is 1. The van der Waals surface area contributed by atoms with Crippen molar-refractivity contribution in [2.75, 3.05) is 18.7 Å². The molecule has 0 radical (unpaired) electrons.